The van der Waals surface area contributed by atoms with Gasteiger partial charge >= 0.3 is 0 Å². The minimum Gasteiger partial charge on any atom is -0.484 e. The van der Waals surface area contributed by atoms with E-state index in [1.54, 1.807) is 6.08 Å². The Hall–Kier alpha value is -15.8. The summed E-state index contributed by atoms with van der Waals surface area (Å²) in [5, 5.41) is 41.8. The van der Waals surface area contributed by atoms with Crippen LogP contribution in [-0.4, -0.2) is 199 Å². The number of amides is 5. The number of carbonyl (C=O) groups excluding carboxylic acids is 5. The van der Waals surface area contributed by atoms with E-state index in [1.165, 1.54) is 22.5 Å². The molecule has 0 saturated heterocycles. The van der Waals surface area contributed by atoms with E-state index in [0.717, 1.165) is 168 Å². The van der Waals surface area contributed by atoms with Crippen molar-refractivity contribution in [1.82, 2.24) is 73.8 Å². The first-order valence-electron chi connectivity index (χ1n) is 49.0. The van der Waals surface area contributed by atoms with Gasteiger partial charge in [-0.3, -0.25) is 47.8 Å². The maximum atomic E-state index is 12.7. The Morgan fingerprint density at radius 1 is 0.317 bits per heavy atom. The van der Waals surface area contributed by atoms with Crippen LogP contribution in [0.3, 0.4) is 0 Å². The number of hydrogen-bond acceptors (Lipinski definition) is 17. The Bertz CT molecular complexity index is 6460. The number of ether oxygens (including phenoxy) is 5. The fraction of sp³-hybridized carbons (Fsp3) is 0.265. The second-order valence-corrected chi connectivity index (χ2v) is 34.8. The van der Waals surface area contributed by atoms with Crippen molar-refractivity contribution < 1.29 is 57.9 Å². The van der Waals surface area contributed by atoms with E-state index < -0.39 is 0 Å². The van der Waals surface area contributed by atoms with E-state index in [2.05, 4.69) is 118 Å². The SMILES string of the molecule is C=CCBr.C=CCn1nc(-c2ccccc2)c2c1CCN(C(=O)COc1ccccc1)C2.C=CCn1nc2c(c1-c1ccccc1)CN(C(=O)COc1ccccc1)CC2.CCCn1nc(-c2ccccc2)c2c1CCN(C(=O)COc1ccccc1)C2.CCCn1nc2c(c1-c1ccccc1)CN(C(=O)COc1ccccc1)CC2.CO.CO.O=C(COc1ccccc1)N1CCc2[nH]nc(-c3ccccc3)c2C1. The van der Waals surface area contributed by atoms with Crippen LogP contribution in [0.1, 0.15) is 83.0 Å². The Balaban J connectivity index is 0.000000149. The highest BCUT2D eigenvalue weighted by molar-refractivity contribution is 9.09. The molecule has 0 radical (unpaired) electrons. The second-order valence-electron chi connectivity index (χ2n) is 34.1. The summed E-state index contributed by atoms with van der Waals surface area (Å²) in [5.74, 6) is 3.55. The zero-order valence-electron chi connectivity index (χ0n) is 82.9. The van der Waals surface area contributed by atoms with Crippen molar-refractivity contribution in [2.75, 3.05) is 85.3 Å². The van der Waals surface area contributed by atoms with Crippen LogP contribution in [0.5, 0.6) is 28.7 Å². The van der Waals surface area contributed by atoms with Crippen LogP contribution in [0.4, 0.5) is 0 Å². The lowest BCUT2D eigenvalue weighted by atomic mass is 10.0. The summed E-state index contributed by atoms with van der Waals surface area (Å²) in [6.07, 6.45) is 11.5. The van der Waals surface area contributed by atoms with Gasteiger partial charge in [-0.2, -0.15) is 25.5 Å². The molecule has 3 N–H and O–H groups in total. The number of fused-ring (bicyclic) bond motifs is 5. The maximum Gasteiger partial charge on any atom is 0.260 e. The molecule has 0 fully saturated rings. The smallest absolute Gasteiger partial charge is 0.260 e. The quantitative estimate of drug-likeness (QED) is 0.0290. The van der Waals surface area contributed by atoms with Crippen molar-refractivity contribution in [2.24, 2.45) is 0 Å². The number of aliphatic hydroxyl groups excluding tert-OH is 2. The predicted molar refractivity (Wildman–Crippen MR) is 571 cm³/mol. The lowest BCUT2D eigenvalue weighted by molar-refractivity contribution is -0.135. The van der Waals surface area contributed by atoms with Gasteiger partial charge in [0.15, 0.2) is 33.0 Å². The molecule has 0 bridgehead atoms. The average molecular weight is 2020 g/mol. The molecule has 28 heteroatoms. The van der Waals surface area contributed by atoms with E-state index in [4.69, 9.17) is 54.3 Å². The molecular formula is C117H128BrN15O12. The highest BCUT2D eigenvalue weighted by Crippen LogP contribution is 2.37. The third-order valence-corrected chi connectivity index (χ3v) is 25.0. The fourth-order valence-electron chi connectivity index (χ4n) is 17.6. The standard InChI is InChI=1S/C23H25N3O2.C23H23N3O2.C23H25N3O2.C23H23N3O2.C20H19N3O2.C3H5Br.2CH4O/c2*1-2-14-26-21-13-15-25(22(27)17-28-19-11-7-4-8-12-19)16-20(21)23(24-26)18-9-5-3-6-10-18;2*1-2-14-26-23(18-9-5-3-6-10-18)20-16-25(15-13-21(20)24-26)22(27)17-28-19-11-7-4-8-12-19;24-19(14-25-16-9-5-2-6-10-16)23-12-11-18-17(13-23)20(22-21-18)15-7-3-1-4-8-15;1-2-3-4;2*1-2/h3-12H,2,13-17H2,1H3;2-12H,1,13-17H2;3-12H,2,13-17H2,1H3;2-12H,1,13-17H2;1-10H,11-14H2,(H,21,22);2H,1,3H2;2*2H,1H3. The maximum absolute atomic E-state index is 12.7. The number of nitrogens with zero attached hydrogens (tertiary/aromatic N) is 14. The summed E-state index contributed by atoms with van der Waals surface area (Å²) in [4.78, 5) is 72.8. The summed E-state index contributed by atoms with van der Waals surface area (Å²) in [5.41, 5.74) is 22.0. The molecule has 750 valence electrons. The number of aromatic amines is 1. The third-order valence-electron chi connectivity index (χ3n) is 24.5. The highest BCUT2D eigenvalue weighted by Gasteiger charge is 2.34. The van der Waals surface area contributed by atoms with Gasteiger partial charge in [0.1, 0.15) is 28.7 Å². The van der Waals surface area contributed by atoms with Gasteiger partial charge in [0.2, 0.25) is 0 Å². The second kappa shape index (κ2) is 56.2. The molecule has 0 atom stereocenters. The molecule has 0 unspecified atom stereocenters. The Morgan fingerprint density at radius 3 is 0.910 bits per heavy atom. The average Bonchev–Trinajstić information content (AvgIpc) is 1.65. The van der Waals surface area contributed by atoms with Crippen molar-refractivity contribution in [3.05, 3.63) is 398 Å². The van der Waals surface area contributed by atoms with Crippen LogP contribution in [0.25, 0.3) is 56.3 Å². The van der Waals surface area contributed by atoms with Gasteiger partial charge in [0.05, 0.1) is 52.9 Å². The van der Waals surface area contributed by atoms with Gasteiger partial charge in [-0.05, 0) is 73.5 Å². The number of nitrogens with one attached hydrogen (secondary N) is 1. The van der Waals surface area contributed by atoms with Gasteiger partial charge in [-0.15, -0.1) is 19.7 Å². The molecule has 0 spiro atoms. The van der Waals surface area contributed by atoms with Crippen LogP contribution in [-0.2, 0) is 115 Å². The topological polar surface area (TPSA) is 288 Å². The first kappa shape index (κ1) is 107. The monoisotopic (exact) mass is 2010 g/mol. The van der Waals surface area contributed by atoms with Crippen molar-refractivity contribution >= 4 is 45.5 Å². The molecule has 0 aliphatic carbocycles. The zero-order valence-corrected chi connectivity index (χ0v) is 84.5. The first-order chi connectivity index (χ1) is 71.3. The lowest BCUT2D eigenvalue weighted by Gasteiger charge is -2.28. The van der Waals surface area contributed by atoms with E-state index in [1.807, 2.05) is 301 Å². The van der Waals surface area contributed by atoms with Crippen molar-refractivity contribution in [3.8, 4) is 85.0 Å². The largest absolute Gasteiger partial charge is 0.484 e. The normalized spacial score (nSPS) is 12.7. The van der Waals surface area contributed by atoms with Gasteiger partial charge in [-0.25, -0.2) is 0 Å². The number of hydrogen-bond donors (Lipinski definition) is 3. The number of aryl methyl sites for hydroxylation is 2. The molecule has 5 amide bonds. The fourth-order valence-corrected chi connectivity index (χ4v) is 17.6. The number of allylic oxidation sites excluding steroid dienone is 3. The number of benzene rings is 10. The van der Waals surface area contributed by atoms with E-state index >= 15 is 0 Å². The molecule has 5 aliphatic rings. The molecule has 20 rings (SSSR count). The number of H-pyrrole nitrogens is 1. The van der Waals surface area contributed by atoms with Crippen LogP contribution < -0.4 is 23.7 Å². The number of aliphatic hydroxyl groups is 2. The Labute approximate surface area is 857 Å². The van der Waals surface area contributed by atoms with E-state index in [9.17, 15) is 24.0 Å². The minimum atomic E-state index is -0.00927. The summed E-state index contributed by atoms with van der Waals surface area (Å²) >= 11 is 3.13. The summed E-state index contributed by atoms with van der Waals surface area (Å²) < 4.78 is 36.4. The van der Waals surface area contributed by atoms with Crippen LogP contribution in [0.2, 0.25) is 0 Å². The molecule has 27 nitrogen and oxygen atoms in total. The van der Waals surface area contributed by atoms with Crippen LogP contribution in [0.15, 0.2) is 341 Å². The molecule has 5 aliphatic heterocycles. The van der Waals surface area contributed by atoms with Crippen LogP contribution >= 0.6 is 15.9 Å². The zero-order chi connectivity index (χ0) is 102. The summed E-state index contributed by atoms with van der Waals surface area (Å²) in [6.45, 7) is 25.0. The number of carbonyl (C=O) groups is 5. The predicted octanol–water partition coefficient (Wildman–Crippen LogP) is 19.1. The van der Waals surface area contributed by atoms with Gasteiger partial charge in [0.25, 0.3) is 29.5 Å². The number of aromatic nitrogens is 10. The van der Waals surface area contributed by atoms with Crippen molar-refractivity contribution in [2.45, 2.75) is 118 Å². The number of alkyl halides is 1. The van der Waals surface area contributed by atoms with Gasteiger partial charge in [-0.1, -0.05) is 291 Å². The van der Waals surface area contributed by atoms with Crippen molar-refractivity contribution in [3.63, 3.8) is 0 Å². The number of rotatable bonds is 29. The van der Waals surface area contributed by atoms with Crippen LogP contribution in [0, 0.1) is 0 Å². The van der Waals surface area contributed by atoms with Crippen molar-refractivity contribution in [1.29, 1.82) is 0 Å². The Morgan fingerprint density at radius 2 is 0.579 bits per heavy atom. The Kier molecular flexibility index (Phi) is 41.3. The summed E-state index contributed by atoms with van der Waals surface area (Å²) in [7, 11) is 2.00. The first-order valence-corrected chi connectivity index (χ1v) is 50.1. The molecule has 145 heavy (non-hydrogen) atoms. The minimum absolute atomic E-state index is 0.00489. The molecular weight excluding hydrogens is 1890 g/mol. The molecule has 5 aromatic heterocycles. The third kappa shape index (κ3) is 29.3. The molecule has 15 aromatic rings. The lowest BCUT2D eigenvalue weighted by Crippen LogP contribution is -2.39. The molecule has 10 aromatic carbocycles. The number of para-hydroxylation sites is 5. The van der Waals surface area contributed by atoms with E-state index in [-0.39, 0.29) is 62.6 Å². The molecule has 0 saturated carbocycles. The highest BCUT2D eigenvalue weighted by atomic mass is 79.9. The van der Waals surface area contributed by atoms with Gasteiger partial charge < -0.3 is 58.4 Å². The molecule has 10 heterocycles. The number of halogens is 1. The van der Waals surface area contributed by atoms with E-state index in [0.29, 0.717) is 107 Å². The van der Waals surface area contributed by atoms with Gasteiger partial charge in [0, 0.05) is 203 Å². The summed E-state index contributed by atoms with van der Waals surface area (Å²) in [6, 6.07) is 98.1.